The average molecular weight is 239 g/mol. The molecule has 0 radical (unpaired) electrons. The van der Waals surface area contributed by atoms with Crippen LogP contribution in [-0.2, 0) is 4.74 Å². The second kappa shape index (κ2) is 5.47. The number of nitrogens with two attached hydrogens (primary N) is 1. The monoisotopic (exact) mass is 239 g/mol. The Balaban J connectivity index is 2.07. The van der Waals surface area contributed by atoms with E-state index >= 15 is 0 Å². The average Bonchev–Trinajstić information content (AvgIpc) is 2.80. The summed E-state index contributed by atoms with van der Waals surface area (Å²) in [4.78, 5) is 0. The third-order valence-electron chi connectivity index (χ3n) is 2.98. The molecule has 2 atom stereocenters. The summed E-state index contributed by atoms with van der Waals surface area (Å²) in [5.41, 5.74) is 6.51. The molecule has 1 unspecified atom stereocenters. The molecule has 1 aliphatic rings. The molecular weight excluding hydrogens is 221 g/mol. The van der Waals surface area contributed by atoms with Gasteiger partial charge in [0.25, 0.3) is 0 Å². The predicted octanol–water partition coefficient (Wildman–Crippen LogP) is 2.26. The van der Waals surface area contributed by atoms with Gasteiger partial charge in [0.1, 0.15) is 0 Å². The van der Waals surface area contributed by atoms with Gasteiger partial charge >= 0.3 is 0 Å². The number of halogens is 1. The first-order valence-corrected chi connectivity index (χ1v) is 5.93. The predicted molar refractivity (Wildman–Crippen MR) is 63.4 cm³/mol. The Labute approximate surface area is 101 Å². The second-order valence-corrected chi connectivity index (χ2v) is 4.49. The Hall–Kier alpha value is -1.13. The summed E-state index contributed by atoms with van der Waals surface area (Å²) in [7, 11) is 0. The van der Waals surface area contributed by atoms with E-state index in [9.17, 15) is 4.39 Å². The molecule has 1 aromatic carbocycles. The van der Waals surface area contributed by atoms with Crippen LogP contribution >= 0.6 is 0 Å². The van der Waals surface area contributed by atoms with Crippen molar-refractivity contribution in [2.75, 3.05) is 19.8 Å². The summed E-state index contributed by atoms with van der Waals surface area (Å²) in [6.45, 7) is 3.77. The van der Waals surface area contributed by atoms with Crippen molar-refractivity contribution in [1.29, 1.82) is 0 Å². The van der Waals surface area contributed by atoms with E-state index in [-0.39, 0.29) is 17.6 Å². The lowest BCUT2D eigenvalue weighted by molar-refractivity contribution is 0.165. The fraction of sp³-hybridized carbons (Fsp3) is 0.538. The van der Waals surface area contributed by atoms with Crippen LogP contribution in [0, 0.1) is 11.7 Å². The number of para-hydroxylation sites is 1. The van der Waals surface area contributed by atoms with Gasteiger partial charge in [-0.25, -0.2) is 4.39 Å². The smallest absolute Gasteiger partial charge is 0.165 e. The largest absolute Gasteiger partial charge is 0.490 e. The maximum Gasteiger partial charge on any atom is 0.165 e. The standard InChI is InChI=1S/C13H18FNO2/c1-9(15)11-3-2-4-12(14)13(11)17-8-10-5-6-16-7-10/h2-4,9-10H,5-8,15H2,1H3/t9-,10?/m1/s1. The molecule has 4 heteroatoms. The van der Waals surface area contributed by atoms with Crippen molar-refractivity contribution in [2.45, 2.75) is 19.4 Å². The normalized spacial score (nSPS) is 21.5. The lowest BCUT2D eigenvalue weighted by atomic mass is 10.1. The van der Waals surface area contributed by atoms with Crippen LogP contribution in [0.3, 0.4) is 0 Å². The summed E-state index contributed by atoms with van der Waals surface area (Å²) in [5.74, 6) is 0.295. The molecule has 0 aliphatic carbocycles. The molecule has 0 spiro atoms. The number of hydrogen-bond acceptors (Lipinski definition) is 3. The minimum absolute atomic E-state index is 0.236. The maximum absolute atomic E-state index is 13.7. The van der Waals surface area contributed by atoms with Crippen LogP contribution in [0.5, 0.6) is 5.75 Å². The molecule has 3 nitrogen and oxygen atoms in total. The van der Waals surface area contributed by atoms with Crippen LogP contribution in [0.15, 0.2) is 18.2 Å². The SMILES string of the molecule is C[C@@H](N)c1cccc(F)c1OCC1CCOC1. The summed E-state index contributed by atoms with van der Waals surface area (Å²) in [6.07, 6.45) is 0.974. The van der Waals surface area contributed by atoms with Gasteiger partial charge in [0, 0.05) is 24.1 Å². The van der Waals surface area contributed by atoms with Crippen molar-refractivity contribution in [1.82, 2.24) is 0 Å². The minimum Gasteiger partial charge on any atom is -0.490 e. The van der Waals surface area contributed by atoms with E-state index in [4.69, 9.17) is 15.2 Å². The zero-order valence-electron chi connectivity index (χ0n) is 9.99. The first-order chi connectivity index (χ1) is 8.18. The van der Waals surface area contributed by atoms with Gasteiger partial charge < -0.3 is 15.2 Å². The van der Waals surface area contributed by atoms with E-state index in [0.29, 0.717) is 24.7 Å². The van der Waals surface area contributed by atoms with Gasteiger partial charge in [-0.05, 0) is 19.4 Å². The number of hydrogen-bond donors (Lipinski definition) is 1. The zero-order valence-corrected chi connectivity index (χ0v) is 9.99. The molecule has 2 N–H and O–H groups in total. The maximum atomic E-state index is 13.7. The van der Waals surface area contributed by atoms with Crippen LogP contribution < -0.4 is 10.5 Å². The van der Waals surface area contributed by atoms with Crippen molar-refractivity contribution in [3.05, 3.63) is 29.6 Å². The highest BCUT2D eigenvalue weighted by Gasteiger charge is 2.19. The van der Waals surface area contributed by atoms with Crippen LogP contribution in [0.2, 0.25) is 0 Å². The van der Waals surface area contributed by atoms with Crippen LogP contribution in [-0.4, -0.2) is 19.8 Å². The van der Waals surface area contributed by atoms with Crippen LogP contribution in [0.4, 0.5) is 4.39 Å². The number of rotatable bonds is 4. The number of benzene rings is 1. The van der Waals surface area contributed by atoms with Gasteiger partial charge in [-0.2, -0.15) is 0 Å². The molecule has 0 amide bonds. The summed E-state index contributed by atoms with van der Waals surface area (Å²) < 4.78 is 24.5. The van der Waals surface area contributed by atoms with Crippen LogP contribution in [0.25, 0.3) is 0 Å². The van der Waals surface area contributed by atoms with Gasteiger partial charge in [-0.15, -0.1) is 0 Å². The molecule has 0 bridgehead atoms. The molecule has 1 aliphatic heterocycles. The van der Waals surface area contributed by atoms with Crippen molar-refractivity contribution < 1.29 is 13.9 Å². The van der Waals surface area contributed by atoms with E-state index in [1.54, 1.807) is 12.1 Å². The third kappa shape index (κ3) is 2.96. The number of ether oxygens (including phenoxy) is 2. The molecule has 0 aromatic heterocycles. The van der Waals surface area contributed by atoms with Gasteiger partial charge in [0.15, 0.2) is 11.6 Å². The molecular formula is C13H18FNO2. The summed E-state index contributed by atoms with van der Waals surface area (Å²) in [5, 5.41) is 0. The Kier molecular flexibility index (Phi) is 3.97. The first-order valence-electron chi connectivity index (χ1n) is 5.93. The highest BCUT2D eigenvalue weighted by molar-refractivity contribution is 5.36. The van der Waals surface area contributed by atoms with E-state index in [0.717, 1.165) is 13.0 Å². The van der Waals surface area contributed by atoms with Gasteiger partial charge in [-0.3, -0.25) is 0 Å². The molecule has 1 aromatic rings. The molecule has 94 valence electrons. The van der Waals surface area contributed by atoms with E-state index < -0.39 is 0 Å². The Bertz CT molecular complexity index is 376. The quantitative estimate of drug-likeness (QED) is 0.876. The minimum atomic E-state index is -0.348. The molecule has 1 fully saturated rings. The molecule has 17 heavy (non-hydrogen) atoms. The summed E-state index contributed by atoms with van der Waals surface area (Å²) >= 11 is 0. The van der Waals surface area contributed by atoms with Crippen LogP contribution in [0.1, 0.15) is 24.9 Å². The second-order valence-electron chi connectivity index (χ2n) is 4.49. The molecule has 2 rings (SSSR count). The Morgan fingerprint density at radius 3 is 3.06 bits per heavy atom. The fourth-order valence-electron chi connectivity index (χ4n) is 1.95. The molecule has 1 heterocycles. The van der Waals surface area contributed by atoms with E-state index in [1.165, 1.54) is 6.07 Å². The lowest BCUT2D eigenvalue weighted by Gasteiger charge is -2.16. The third-order valence-corrected chi connectivity index (χ3v) is 2.98. The van der Waals surface area contributed by atoms with Crippen molar-refractivity contribution in [3.63, 3.8) is 0 Å². The van der Waals surface area contributed by atoms with E-state index in [2.05, 4.69) is 0 Å². The summed E-state index contributed by atoms with van der Waals surface area (Å²) in [6, 6.07) is 4.61. The van der Waals surface area contributed by atoms with Gasteiger partial charge in [-0.1, -0.05) is 12.1 Å². The first kappa shape index (κ1) is 12.3. The highest BCUT2D eigenvalue weighted by atomic mass is 19.1. The van der Waals surface area contributed by atoms with Crippen molar-refractivity contribution in [3.8, 4) is 5.75 Å². The van der Waals surface area contributed by atoms with Gasteiger partial charge in [0.2, 0.25) is 0 Å². The zero-order chi connectivity index (χ0) is 12.3. The van der Waals surface area contributed by atoms with Crippen molar-refractivity contribution in [2.24, 2.45) is 11.7 Å². The molecule has 1 saturated heterocycles. The van der Waals surface area contributed by atoms with Gasteiger partial charge in [0.05, 0.1) is 13.2 Å². The topological polar surface area (TPSA) is 44.5 Å². The van der Waals surface area contributed by atoms with E-state index in [1.807, 2.05) is 6.92 Å². The van der Waals surface area contributed by atoms with Crippen molar-refractivity contribution >= 4 is 0 Å². The Morgan fingerprint density at radius 1 is 1.59 bits per heavy atom. The Morgan fingerprint density at radius 2 is 2.41 bits per heavy atom. The lowest BCUT2D eigenvalue weighted by Crippen LogP contribution is -2.15. The molecule has 0 saturated carbocycles. The fourth-order valence-corrected chi connectivity index (χ4v) is 1.95. The highest BCUT2D eigenvalue weighted by Crippen LogP contribution is 2.28.